The number of amides is 1. The minimum Gasteiger partial charge on any atom is -0.383 e. The summed E-state index contributed by atoms with van der Waals surface area (Å²) in [4.78, 5) is 22.1. The summed E-state index contributed by atoms with van der Waals surface area (Å²) in [7, 11) is 0. The van der Waals surface area contributed by atoms with Crippen LogP contribution in [-0.2, 0) is 4.79 Å². The third kappa shape index (κ3) is 4.59. The van der Waals surface area contributed by atoms with Gasteiger partial charge in [0.15, 0.2) is 0 Å². The fourth-order valence-corrected chi connectivity index (χ4v) is 1.15. The number of anilines is 1. The number of nitrogens with one attached hydrogen (secondary N) is 3. The summed E-state index contributed by atoms with van der Waals surface area (Å²) in [5.41, 5.74) is 0.354. The molecule has 0 saturated carbocycles. The van der Waals surface area contributed by atoms with Crippen LogP contribution in [0.3, 0.4) is 0 Å². The van der Waals surface area contributed by atoms with E-state index in [-0.39, 0.29) is 11.5 Å². The van der Waals surface area contributed by atoms with E-state index in [0.717, 1.165) is 6.42 Å². The van der Waals surface area contributed by atoms with E-state index in [0.29, 0.717) is 25.2 Å². The van der Waals surface area contributed by atoms with Crippen LogP contribution >= 0.6 is 0 Å². The maximum atomic E-state index is 11.2. The van der Waals surface area contributed by atoms with Crippen molar-refractivity contribution in [2.24, 2.45) is 0 Å². The Morgan fingerprint density at radius 3 is 3.00 bits per heavy atom. The molecule has 1 rings (SSSR count). The lowest BCUT2D eigenvalue weighted by Gasteiger charge is -2.05. The zero-order valence-electron chi connectivity index (χ0n) is 9.25. The zero-order chi connectivity index (χ0) is 11.8. The standard InChI is InChI=1S/C10H16N4O2/c1-2-4-12-9(15)3-5-11-8-6-10(16)14-13-7-8/h6-7H,2-5H2,1H3,(H,12,15)(H2,11,14,16). The summed E-state index contributed by atoms with van der Waals surface area (Å²) < 4.78 is 0. The summed E-state index contributed by atoms with van der Waals surface area (Å²) >= 11 is 0. The van der Waals surface area contributed by atoms with E-state index >= 15 is 0 Å². The zero-order valence-corrected chi connectivity index (χ0v) is 9.25. The molecule has 0 aromatic carbocycles. The van der Waals surface area contributed by atoms with Crippen molar-refractivity contribution in [1.29, 1.82) is 0 Å². The molecule has 16 heavy (non-hydrogen) atoms. The Morgan fingerprint density at radius 2 is 2.31 bits per heavy atom. The van der Waals surface area contributed by atoms with Gasteiger partial charge in [-0.2, -0.15) is 5.10 Å². The molecular weight excluding hydrogens is 208 g/mol. The molecule has 0 atom stereocenters. The van der Waals surface area contributed by atoms with Gasteiger partial charge < -0.3 is 10.6 Å². The summed E-state index contributed by atoms with van der Waals surface area (Å²) in [5.74, 6) is 0.00662. The SMILES string of the molecule is CCCNC(=O)CCNc1cn[nH]c(=O)c1. The summed E-state index contributed by atoms with van der Waals surface area (Å²) in [6, 6.07) is 1.40. The van der Waals surface area contributed by atoms with Gasteiger partial charge in [-0.25, -0.2) is 5.10 Å². The lowest BCUT2D eigenvalue weighted by Crippen LogP contribution is -2.26. The number of nitrogens with zero attached hydrogens (tertiary/aromatic N) is 1. The van der Waals surface area contributed by atoms with E-state index in [1.807, 2.05) is 6.92 Å². The number of aromatic nitrogens is 2. The van der Waals surface area contributed by atoms with Crippen LogP contribution in [0.4, 0.5) is 5.69 Å². The van der Waals surface area contributed by atoms with Crippen LogP contribution in [0.2, 0.25) is 0 Å². The number of carbonyl (C=O) groups is 1. The highest BCUT2D eigenvalue weighted by Crippen LogP contribution is 1.97. The smallest absolute Gasteiger partial charge is 0.266 e. The Hall–Kier alpha value is -1.85. The van der Waals surface area contributed by atoms with Crippen LogP contribution in [-0.4, -0.2) is 29.2 Å². The van der Waals surface area contributed by atoms with E-state index in [4.69, 9.17) is 0 Å². The number of hydrogen-bond donors (Lipinski definition) is 3. The molecule has 6 heteroatoms. The average molecular weight is 224 g/mol. The Balaban J connectivity index is 2.25. The second kappa shape index (κ2) is 6.60. The van der Waals surface area contributed by atoms with Gasteiger partial charge in [-0.3, -0.25) is 9.59 Å². The fraction of sp³-hybridized carbons (Fsp3) is 0.500. The molecule has 6 nitrogen and oxygen atoms in total. The van der Waals surface area contributed by atoms with Gasteiger partial charge in [0.25, 0.3) is 5.56 Å². The number of aromatic amines is 1. The van der Waals surface area contributed by atoms with Gasteiger partial charge in [0.2, 0.25) is 5.91 Å². The van der Waals surface area contributed by atoms with E-state index in [1.54, 1.807) is 0 Å². The predicted octanol–water partition coefficient (Wildman–Crippen LogP) is 0.0981. The first-order valence-corrected chi connectivity index (χ1v) is 5.27. The normalized spacial score (nSPS) is 9.81. The van der Waals surface area contributed by atoms with Crippen molar-refractivity contribution >= 4 is 11.6 Å². The molecule has 0 aliphatic heterocycles. The molecule has 0 aliphatic carbocycles. The summed E-state index contributed by atoms with van der Waals surface area (Å²) in [5, 5.41) is 11.6. The first kappa shape index (κ1) is 12.2. The third-order valence-electron chi connectivity index (χ3n) is 1.92. The number of H-pyrrole nitrogens is 1. The first-order chi connectivity index (χ1) is 7.72. The van der Waals surface area contributed by atoms with Crippen LogP contribution < -0.4 is 16.2 Å². The maximum absolute atomic E-state index is 11.2. The van der Waals surface area contributed by atoms with Crippen LogP contribution in [0, 0.1) is 0 Å². The van der Waals surface area contributed by atoms with Gasteiger partial charge in [0.05, 0.1) is 11.9 Å². The minimum absolute atomic E-state index is 0.00662. The number of hydrogen-bond acceptors (Lipinski definition) is 4. The van der Waals surface area contributed by atoms with Crippen LogP contribution in [0.15, 0.2) is 17.1 Å². The van der Waals surface area contributed by atoms with Crippen molar-refractivity contribution in [3.05, 3.63) is 22.6 Å². The monoisotopic (exact) mass is 224 g/mol. The van der Waals surface area contributed by atoms with Gasteiger partial charge >= 0.3 is 0 Å². The fourth-order valence-electron chi connectivity index (χ4n) is 1.15. The predicted molar refractivity (Wildman–Crippen MR) is 61.3 cm³/mol. The quantitative estimate of drug-likeness (QED) is 0.639. The molecule has 0 aliphatic rings. The molecule has 0 unspecified atom stereocenters. The molecule has 1 aromatic rings. The second-order valence-corrected chi connectivity index (χ2v) is 3.36. The topological polar surface area (TPSA) is 86.9 Å². The first-order valence-electron chi connectivity index (χ1n) is 5.27. The van der Waals surface area contributed by atoms with Crippen LogP contribution in [0.25, 0.3) is 0 Å². The van der Waals surface area contributed by atoms with Gasteiger partial charge in [0, 0.05) is 25.6 Å². The van der Waals surface area contributed by atoms with Crippen molar-refractivity contribution < 1.29 is 4.79 Å². The Morgan fingerprint density at radius 1 is 1.50 bits per heavy atom. The highest BCUT2D eigenvalue weighted by molar-refractivity contribution is 5.76. The maximum Gasteiger partial charge on any atom is 0.266 e. The Bertz CT molecular complexity index is 388. The van der Waals surface area contributed by atoms with Crippen molar-refractivity contribution in [2.45, 2.75) is 19.8 Å². The van der Waals surface area contributed by atoms with E-state index in [9.17, 15) is 9.59 Å². The van der Waals surface area contributed by atoms with Gasteiger partial charge in [-0.1, -0.05) is 6.92 Å². The van der Waals surface area contributed by atoms with Gasteiger partial charge in [-0.05, 0) is 6.42 Å². The van der Waals surface area contributed by atoms with Gasteiger partial charge in [-0.15, -0.1) is 0 Å². The van der Waals surface area contributed by atoms with Crippen LogP contribution in [0.5, 0.6) is 0 Å². The van der Waals surface area contributed by atoms with Crippen molar-refractivity contribution in [3.63, 3.8) is 0 Å². The molecule has 0 fully saturated rings. The number of carbonyl (C=O) groups excluding carboxylic acids is 1. The molecule has 0 spiro atoms. The molecule has 0 radical (unpaired) electrons. The molecule has 88 valence electrons. The largest absolute Gasteiger partial charge is 0.383 e. The molecule has 0 saturated heterocycles. The lowest BCUT2D eigenvalue weighted by molar-refractivity contribution is -0.120. The van der Waals surface area contributed by atoms with E-state index < -0.39 is 0 Å². The highest BCUT2D eigenvalue weighted by atomic mass is 16.1. The van der Waals surface area contributed by atoms with Crippen molar-refractivity contribution in [1.82, 2.24) is 15.5 Å². The average Bonchev–Trinajstić information content (AvgIpc) is 2.26. The summed E-state index contributed by atoms with van der Waals surface area (Å²) in [6.45, 7) is 3.19. The molecular formula is C10H16N4O2. The molecule has 3 N–H and O–H groups in total. The lowest BCUT2D eigenvalue weighted by atomic mass is 10.3. The second-order valence-electron chi connectivity index (χ2n) is 3.36. The van der Waals surface area contributed by atoms with Crippen molar-refractivity contribution in [3.8, 4) is 0 Å². The Kier molecular flexibility index (Phi) is 5.04. The third-order valence-corrected chi connectivity index (χ3v) is 1.92. The summed E-state index contributed by atoms with van der Waals surface area (Å²) in [6.07, 6.45) is 2.81. The van der Waals surface area contributed by atoms with Crippen molar-refractivity contribution in [2.75, 3.05) is 18.4 Å². The van der Waals surface area contributed by atoms with Crippen LogP contribution in [0.1, 0.15) is 19.8 Å². The highest BCUT2D eigenvalue weighted by Gasteiger charge is 1.99. The Labute approximate surface area is 93.5 Å². The molecule has 1 aromatic heterocycles. The van der Waals surface area contributed by atoms with E-state index in [2.05, 4.69) is 20.8 Å². The van der Waals surface area contributed by atoms with E-state index in [1.165, 1.54) is 12.3 Å². The molecule has 1 heterocycles. The minimum atomic E-state index is -0.263. The molecule has 1 amide bonds. The van der Waals surface area contributed by atoms with Gasteiger partial charge in [0.1, 0.15) is 0 Å². The molecule has 0 bridgehead atoms. The number of rotatable bonds is 6.